The molecular formula is C14H17N5. The molecule has 2 aromatic rings. The summed E-state index contributed by atoms with van der Waals surface area (Å²) < 4.78 is 0. The number of hydrogen-bond acceptors (Lipinski definition) is 4. The van der Waals surface area contributed by atoms with Crippen molar-refractivity contribution in [2.45, 2.75) is 12.8 Å². The van der Waals surface area contributed by atoms with E-state index < -0.39 is 0 Å². The van der Waals surface area contributed by atoms with Gasteiger partial charge in [0.1, 0.15) is 0 Å². The first kappa shape index (κ1) is 11.8. The van der Waals surface area contributed by atoms with Gasteiger partial charge in [-0.05, 0) is 31.1 Å². The van der Waals surface area contributed by atoms with E-state index in [4.69, 9.17) is 5.73 Å². The lowest BCUT2D eigenvalue weighted by molar-refractivity contribution is 0.688. The molecule has 1 aliphatic rings. The van der Waals surface area contributed by atoms with Crippen molar-refractivity contribution in [1.82, 2.24) is 15.2 Å². The summed E-state index contributed by atoms with van der Waals surface area (Å²) in [6.45, 7) is 2.07. The molecule has 3 N–H and O–H groups in total. The molecule has 0 bridgehead atoms. The molecule has 5 nitrogen and oxygen atoms in total. The lowest BCUT2D eigenvalue weighted by atomic mass is 10.0. The zero-order valence-corrected chi connectivity index (χ0v) is 10.7. The molecule has 1 aromatic heterocycles. The van der Waals surface area contributed by atoms with Gasteiger partial charge in [0, 0.05) is 18.8 Å². The highest BCUT2D eigenvalue weighted by Crippen LogP contribution is 2.23. The molecule has 0 atom stereocenters. The first-order valence-corrected chi connectivity index (χ1v) is 6.48. The van der Waals surface area contributed by atoms with Crippen molar-refractivity contribution >= 4 is 17.7 Å². The van der Waals surface area contributed by atoms with Crippen LogP contribution in [0.25, 0.3) is 6.08 Å². The standard InChI is InChI=1S/C14H17N5/c15-14-16-13(17-18-14)10-11-6-8-19(9-7-11)12-4-2-1-3-5-12/h1-5,10H,6-9H2,(H3,15,16,17,18). The topological polar surface area (TPSA) is 70.8 Å². The maximum Gasteiger partial charge on any atom is 0.216 e. The first-order chi connectivity index (χ1) is 9.31. The summed E-state index contributed by atoms with van der Waals surface area (Å²) in [7, 11) is 0. The fourth-order valence-electron chi connectivity index (χ4n) is 2.37. The van der Waals surface area contributed by atoms with Gasteiger partial charge in [-0.25, -0.2) is 5.10 Å². The zero-order chi connectivity index (χ0) is 13.1. The summed E-state index contributed by atoms with van der Waals surface area (Å²) in [4.78, 5) is 6.51. The fraction of sp³-hybridized carbons (Fsp3) is 0.286. The third-order valence-electron chi connectivity index (χ3n) is 3.38. The van der Waals surface area contributed by atoms with Gasteiger partial charge in [0.2, 0.25) is 5.95 Å². The van der Waals surface area contributed by atoms with Gasteiger partial charge < -0.3 is 10.6 Å². The molecule has 0 radical (unpaired) electrons. The highest BCUT2D eigenvalue weighted by molar-refractivity contribution is 5.51. The highest BCUT2D eigenvalue weighted by atomic mass is 15.3. The number of rotatable bonds is 2. The quantitative estimate of drug-likeness (QED) is 0.861. The molecule has 0 aliphatic carbocycles. The van der Waals surface area contributed by atoms with Crippen LogP contribution in [0.1, 0.15) is 18.7 Å². The van der Waals surface area contributed by atoms with Gasteiger partial charge >= 0.3 is 0 Å². The smallest absolute Gasteiger partial charge is 0.216 e. The number of H-pyrrole nitrogens is 1. The van der Waals surface area contributed by atoms with E-state index in [9.17, 15) is 0 Å². The predicted octanol–water partition coefficient (Wildman–Crippen LogP) is 2.07. The average Bonchev–Trinajstić information content (AvgIpc) is 2.86. The van der Waals surface area contributed by atoms with E-state index in [0.29, 0.717) is 11.8 Å². The van der Waals surface area contributed by atoms with Gasteiger partial charge in [-0.2, -0.15) is 10.1 Å². The molecule has 0 amide bonds. The monoisotopic (exact) mass is 255 g/mol. The van der Waals surface area contributed by atoms with Crippen LogP contribution in [-0.4, -0.2) is 28.3 Å². The van der Waals surface area contributed by atoms with E-state index >= 15 is 0 Å². The Bertz CT molecular complexity index is 563. The van der Waals surface area contributed by atoms with Crippen LogP contribution in [0, 0.1) is 0 Å². The van der Waals surface area contributed by atoms with E-state index in [-0.39, 0.29) is 0 Å². The van der Waals surface area contributed by atoms with E-state index in [1.807, 2.05) is 12.1 Å². The summed E-state index contributed by atoms with van der Waals surface area (Å²) in [6, 6.07) is 10.5. The maximum absolute atomic E-state index is 5.52. The largest absolute Gasteiger partial charge is 0.371 e. The summed E-state index contributed by atoms with van der Waals surface area (Å²) in [5.41, 5.74) is 8.19. The van der Waals surface area contributed by atoms with Crippen LogP contribution < -0.4 is 10.6 Å². The van der Waals surface area contributed by atoms with Crippen molar-refractivity contribution in [3.05, 3.63) is 41.7 Å². The average molecular weight is 255 g/mol. The van der Waals surface area contributed by atoms with Gasteiger partial charge in [-0.3, -0.25) is 0 Å². The van der Waals surface area contributed by atoms with Crippen LogP contribution in [0.2, 0.25) is 0 Å². The minimum Gasteiger partial charge on any atom is -0.371 e. The number of nitrogens with two attached hydrogens (primary N) is 1. The molecule has 0 saturated carbocycles. The molecule has 5 heteroatoms. The lowest BCUT2D eigenvalue weighted by Crippen LogP contribution is -2.30. The number of aromatic nitrogens is 3. The van der Waals surface area contributed by atoms with Crippen LogP contribution in [0.15, 0.2) is 35.9 Å². The number of nitrogen functional groups attached to an aromatic ring is 1. The predicted molar refractivity (Wildman–Crippen MR) is 76.7 cm³/mol. The summed E-state index contributed by atoms with van der Waals surface area (Å²) in [6.07, 6.45) is 4.13. The third-order valence-corrected chi connectivity index (χ3v) is 3.38. The number of para-hydroxylation sites is 1. The number of hydrogen-bond donors (Lipinski definition) is 2. The Morgan fingerprint density at radius 2 is 1.89 bits per heavy atom. The molecule has 0 spiro atoms. The lowest BCUT2D eigenvalue weighted by Gasteiger charge is -2.30. The fourth-order valence-corrected chi connectivity index (χ4v) is 2.37. The van der Waals surface area contributed by atoms with E-state index in [1.165, 1.54) is 11.3 Å². The number of benzene rings is 1. The minimum absolute atomic E-state index is 0.369. The highest BCUT2D eigenvalue weighted by Gasteiger charge is 2.14. The number of aromatic amines is 1. The van der Waals surface area contributed by atoms with Crippen molar-refractivity contribution in [3.8, 4) is 0 Å². The second kappa shape index (κ2) is 5.14. The van der Waals surface area contributed by atoms with Gasteiger partial charge in [0.15, 0.2) is 5.82 Å². The number of anilines is 2. The van der Waals surface area contributed by atoms with Crippen LogP contribution in [-0.2, 0) is 0 Å². The Kier molecular flexibility index (Phi) is 3.18. The number of nitrogens with zero attached hydrogens (tertiary/aromatic N) is 3. The first-order valence-electron chi connectivity index (χ1n) is 6.48. The molecule has 98 valence electrons. The molecular weight excluding hydrogens is 238 g/mol. The van der Waals surface area contributed by atoms with Crippen LogP contribution in [0.3, 0.4) is 0 Å². The van der Waals surface area contributed by atoms with Crippen molar-refractivity contribution < 1.29 is 0 Å². The Hall–Kier alpha value is -2.30. The Morgan fingerprint density at radius 1 is 1.16 bits per heavy atom. The Morgan fingerprint density at radius 3 is 2.53 bits per heavy atom. The van der Waals surface area contributed by atoms with Gasteiger partial charge in [0.25, 0.3) is 0 Å². The molecule has 19 heavy (non-hydrogen) atoms. The van der Waals surface area contributed by atoms with E-state index in [2.05, 4.69) is 44.3 Å². The van der Waals surface area contributed by atoms with Crippen LogP contribution >= 0.6 is 0 Å². The Labute approximate surface area is 112 Å². The molecule has 1 aliphatic heterocycles. The molecule has 1 saturated heterocycles. The molecule has 1 aromatic carbocycles. The summed E-state index contributed by atoms with van der Waals surface area (Å²) in [5.74, 6) is 1.05. The van der Waals surface area contributed by atoms with Gasteiger partial charge in [-0.1, -0.05) is 23.8 Å². The van der Waals surface area contributed by atoms with E-state index in [0.717, 1.165) is 25.9 Å². The van der Waals surface area contributed by atoms with Gasteiger partial charge in [-0.15, -0.1) is 0 Å². The van der Waals surface area contributed by atoms with Crippen molar-refractivity contribution in [2.75, 3.05) is 23.7 Å². The van der Waals surface area contributed by atoms with E-state index in [1.54, 1.807) is 0 Å². The summed E-state index contributed by atoms with van der Waals surface area (Å²) in [5, 5.41) is 6.69. The Balaban J connectivity index is 1.65. The number of nitrogens with one attached hydrogen (secondary N) is 1. The molecule has 1 fully saturated rings. The van der Waals surface area contributed by atoms with Crippen molar-refractivity contribution in [2.24, 2.45) is 0 Å². The van der Waals surface area contributed by atoms with Crippen molar-refractivity contribution in [1.29, 1.82) is 0 Å². The minimum atomic E-state index is 0.369. The molecule has 0 unspecified atom stereocenters. The SMILES string of the molecule is Nc1nc(C=C2CCN(c3ccccc3)CC2)n[nH]1. The zero-order valence-electron chi connectivity index (χ0n) is 10.7. The normalized spacial score (nSPS) is 15.6. The maximum atomic E-state index is 5.52. The van der Waals surface area contributed by atoms with Crippen LogP contribution in [0.5, 0.6) is 0 Å². The van der Waals surface area contributed by atoms with Crippen molar-refractivity contribution in [3.63, 3.8) is 0 Å². The van der Waals surface area contributed by atoms with Crippen LogP contribution in [0.4, 0.5) is 11.6 Å². The van der Waals surface area contributed by atoms with Gasteiger partial charge in [0.05, 0.1) is 0 Å². The third kappa shape index (κ3) is 2.76. The number of piperidine rings is 1. The summed E-state index contributed by atoms with van der Waals surface area (Å²) >= 11 is 0. The second-order valence-electron chi connectivity index (χ2n) is 4.70. The molecule has 2 heterocycles. The molecule has 3 rings (SSSR count). The second-order valence-corrected chi connectivity index (χ2v) is 4.70.